The molecule has 0 aliphatic carbocycles. The molecular weight excluding hydrogens is 315 g/mol. The number of carbonyl (C=O) groups is 2. The Morgan fingerprint density at radius 2 is 1.76 bits per heavy atom. The topological polar surface area (TPSA) is 49.9 Å². The van der Waals surface area contributed by atoms with Crippen LogP contribution in [0.3, 0.4) is 0 Å². The van der Waals surface area contributed by atoms with E-state index >= 15 is 0 Å². The molecule has 1 aromatic carbocycles. The number of methoxy groups -OCH3 is 1. The van der Waals surface area contributed by atoms with E-state index in [4.69, 9.17) is 27.9 Å². The van der Waals surface area contributed by atoms with Crippen molar-refractivity contribution in [2.24, 2.45) is 0 Å². The van der Waals surface area contributed by atoms with Gasteiger partial charge in [-0.2, -0.15) is 0 Å². The van der Waals surface area contributed by atoms with Crippen LogP contribution >= 0.6 is 23.2 Å². The number of nitrogens with zero attached hydrogens (tertiary/aromatic N) is 2. The minimum atomic E-state index is -0.367. The van der Waals surface area contributed by atoms with Gasteiger partial charge in [0.1, 0.15) is 0 Å². The third kappa shape index (κ3) is 3.80. The van der Waals surface area contributed by atoms with Crippen molar-refractivity contribution in [3.05, 3.63) is 33.8 Å². The molecule has 1 heterocycles. The van der Waals surface area contributed by atoms with Gasteiger partial charge in [0.25, 0.3) is 5.91 Å². The van der Waals surface area contributed by atoms with E-state index in [2.05, 4.69) is 0 Å². The van der Waals surface area contributed by atoms with Crippen LogP contribution in [0.5, 0.6) is 0 Å². The minimum Gasteiger partial charge on any atom is -0.453 e. The van der Waals surface area contributed by atoms with Crippen LogP contribution in [-0.4, -0.2) is 55.1 Å². The van der Waals surface area contributed by atoms with Crippen LogP contribution in [0.4, 0.5) is 4.79 Å². The Bertz CT molecular complexity index is 551. The van der Waals surface area contributed by atoms with E-state index in [1.54, 1.807) is 28.0 Å². The normalized spacial score (nSPS) is 15.6. The molecule has 1 aliphatic rings. The summed E-state index contributed by atoms with van der Waals surface area (Å²) in [5.74, 6) is -0.150. The van der Waals surface area contributed by atoms with Crippen molar-refractivity contribution in [1.82, 2.24) is 9.80 Å². The number of hydrogen-bond acceptors (Lipinski definition) is 3. The summed E-state index contributed by atoms with van der Waals surface area (Å²) in [6.45, 7) is 2.05. The highest BCUT2D eigenvalue weighted by molar-refractivity contribution is 6.36. The third-order valence-electron chi connectivity index (χ3n) is 3.38. The van der Waals surface area contributed by atoms with Crippen LogP contribution in [0.25, 0.3) is 0 Å². The van der Waals surface area contributed by atoms with Gasteiger partial charge in [0, 0.05) is 31.2 Å². The summed E-state index contributed by atoms with van der Waals surface area (Å²) in [6.07, 6.45) is 0.334. The summed E-state index contributed by atoms with van der Waals surface area (Å²) in [7, 11) is 1.35. The molecule has 1 aromatic rings. The lowest BCUT2D eigenvalue weighted by molar-refractivity contribution is 0.0757. The van der Waals surface area contributed by atoms with Gasteiger partial charge < -0.3 is 14.5 Å². The Hall–Kier alpha value is -1.46. The number of ether oxygens (including phenoxy) is 1. The Labute approximate surface area is 133 Å². The zero-order valence-corrected chi connectivity index (χ0v) is 13.2. The largest absolute Gasteiger partial charge is 0.453 e. The molecule has 0 saturated carbocycles. The van der Waals surface area contributed by atoms with Crippen molar-refractivity contribution in [1.29, 1.82) is 0 Å². The number of halogens is 2. The van der Waals surface area contributed by atoms with Gasteiger partial charge in [-0.25, -0.2) is 4.79 Å². The van der Waals surface area contributed by atoms with E-state index in [-0.39, 0.29) is 12.0 Å². The SMILES string of the molecule is COC(=O)N1CCCN(C(=O)c2ccc(Cl)cc2Cl)CC1. The molecule has 0 unspecified atom stereocenters. The first-order valence-corrected chi connectivity index (χ1v) is 7.35. The quantitative estimate of drug-likeness (QED) is 0.795. The molecule has 0 atom stereocenters. The maximum atomic E-state index is 12.5. The summed E-state index contributed by atoms with van der Waals surface area (Å²) in [5, 5.41) is 0.825. The minimum absolute atomic E-state index is 0.150. The number of hydrogen-bond donors (Lipinski definition) is 0. The van der Waals surface area contributed by atoms with E-state index in [1.165, 1.54) is 7.11 Å². The smallest absolute Gasteiger partial charge is 0.409 e. The molecule has 1 aliphatic heterocycles. The first kappa shape index (κ1) is 15.9. The van der Waals surface area contributed by atoms with Gasteiger partial charge in [0.05, 0.1) is 17.7 Å². The van der Waals surface area contributed by atoms with Gasteiger partial charge in [-0.1, -0.05) is 23.2 Å². The molecule has 2 amide bonds. The van der Waals surface area contributed by atoms with Gasteiger partial charge in [-0.15, -0.1) is 0 Å². The molecule has 0 N–H and O–H groups in total. The average molecular weight is 331 g/mol. The molecule has 1 saturated heterocycles. The van der Waals surface area contributed by atoms with E-state index in [0.29, 0.717) is 48.2 Å². The predicted octanol–water partition coefficient (Wildman–Crippen LogP) is 2.91. The van der Waals surface area contributed by atoms with E-state index in [9.17, 15) is 9.59 Å². The lowest BCUT2D eigenvalue weighted by Gasteiger charge is -2.22. The van der Waals surface area contributed by atoms with Crippen LogP contribution < -0.4 is 0 Å². The number of carbonyl (C=O) groups excluding carboxylic acids is 2. The lowest BCUT2D eigenvalue weighted by Crippen LogP contribution is -2.37. The summed E-state index contributed by atoms with van der Waals surface area (Å²) in [4.78, 5) is 27.3. The fraction of sp³-hybridized carbons (Fsp3) is 0.429. The van der Waals surface area contributed by atoms with Crippen molar-refractivity contribution in [3.63, 3.8) is 0 Å². The van der Waals surface area contributed by atoms with Crippen LogP contribution in [0.1, 0.15) is 16.8 Å². The summed E-state index contributed by atoms with van der Waals surface area (Å²) in [6, 6.07) is 4.81. The first-order valence-electron chi connectivity index (χ1n) is 6.60. The molecule has 2 rings (SSSR count). The molecular formula is C14H16Cl2N2O3. The maximum Gasteiger partial charge on any atom is 0.409 e. The van der Waals surface area contributed by atoms with E-state index in [1.807, 2.05) is 0 Å². The highest BCUT2D eigenvalue weighted by atomic mass is 35.5. The second kappa shape index (κ2) is 7.00. The highest BCUT2D eigenvalue weighted by Crippen LogP contribution is 2.22. The highest BCUT2D eigenvalue weighted by Gasteiger charge is 2.24. The maximum absolute atomic E-state index is 12.5. The molecule has 0 bridgehead atoms. The standard InChI is InChI=1S/C14H16Cl2N2O3/c1-21-14(20)18-6-2-5-17(7-8-18)13(19)11-4-3-10(15)9-12(11)16/h3-4,9H,2,5-8H2,1H3. The molecule has 1 fully saturated rings. The Balaban J connectivity index is 2.08. The zero-order chi connectivity index (χ0) is 15.4. The number of amides is 2. The van der Waals surface area contributed by atoms with E-state index < -0.39 is 0 Å². The van der Waals surface area contributed by atoms with Crippen molar-refractivity contribution < 1.29 is 14.3 Å². The van der Waals surface area contributed by atoms with Crippen molar-refractivity contribution in [2.75, 3.05) is 33.3 Å². The lowest BCUT2D eigenvalue weighted by atomic mass is 10.2. The van der Waals surface area contributed by atoms with Crippen molar-refractivity contribution in [3.8, 4) is 0 Å². The number of benzene rings is 1. The Morgan fingerprint density at radius 3 is 2.43 bits per heavy atom. The van der Waals surface area contributed by atoms with Crippen LogP contribution in [-0.2, 0) is 4.74 Å². The Kier molecular flexibility index (Phi) is 5.31. The zero-order valence-electron chi connectivity index (χ0n) is 11.6. The van der Waals surface area contributed by atoms with Crippen molar-refractivity contribution in [2.45, 2.75) is 6.42 Å². The second-order valence-corrected chi connectivity index (χ2v) is 5.57. The third-order valence-corrected chi connectivity index (χ3v) is 3.93. The molecule has 0 spiro atoms. The molecule has 7 heteroatoms. The number of rotatable bonds is 1. The first-order chi connectivity index (χ1) is 10.0. The average Bonchev–Trinajstić information content (AvgIpc) is 2.71. The molecule has 0 aromatic heterocycles. The predicted molar refractivity (Wildman–Crippen MR) is 81.0 cm³/mol. The second-order valence-electron chi connectivity index (χ2n) is 4.73. The van der Waals surface area contributed by atoms with Gasteiger partial charge in [-0.05, 0) is 24.6 Å². The summed E-state index contributed by atoms with van der Waals surface area (Å²) >= 11 is 11.9. The molecule has 21 heavy (non-hydrogen) atoms. The molecule has 0 radical (unpaired) electrons. The van der Waals surface area contributed by atoms with Crippen LogP contribution in [0, 0.1) is 0 Å². The molecule has 114 valence electrons. The summed E-state index contributed by atoms with van der Waals surface area (Å²) in [5.41, 5.74) is 0.424. The van der Waals surface area contributed by atoms with Gasteiger partial charge in [0.2, 0.25) is 0 Å². The summed E-state index contributed by atoms with van der Waals surface area (Å²) < 4.78 is 4.71. The molecule has 5 nitrogen and oxygen atoms in total. The van der Waals surface area contributed by atoms with Gasteiger partial charge >= 0.3 is 6.09 Å². The van der Waals surface area contributed by atoms with Gasteiger partial charge in [-0.3, -0.25) is 4.79 Å². The van der Waals surface area contributed by atoms with E-state index in [0.717, 1.165) is 0 Å². The van der Waals surface area contributed by atoms with Crippen molar-refractivity contribution >= 4 is 35.2 Å². The monoisotopic (exact) mass is 330 g/mol. The fourth-order valence-corrected chi connectivity index (χ4v) is 2.75. The van der Waals surface area contributed by atoms with Crippen LogP contribution in [0.15, 0.2) is 18.2 Å². The van der Waals surface area contributed by atoms with Gasteiger partial charge in [0.15, 0.2) is 0 Å². The fourth-order valence-electron chi connectivity index (χ4n) is 2.27. The Morgan fingerprint density at radius 1 is 1.10 bits per heavy atom. The van der Waals surface area contributed by atoms with Crippen LogP contribution in [0.2, 0.25) is 10.0 Å².